The van der Waals surface area contributed by atoms with Crippen molar-refractivity contribution in [1.82, 2.24) is 9.97 Å². The van der Waals surface area contributed by atoms with Gasteiger partial charge in [-0.25, -0.2) is 9.97 Å². The van der Waals surface area contributed by atoms with Crippen molar-refractivity contribution in [2.24, 2.45) is 0 Å². The monoisotopic (exact) mass is 295 g/mol. The van der Waals surface area contributed by atoms with Gasteiger partial charge in [0, 0.05) is 17.7 Å². The van der Waals surface area contributed by atoms with E-state index in [0.717, 1.165) is 29.8 Å². The fourth-order valence-corrected chi connectivity index (χ4v) is 2.23. The van der Waals surface area contributed by atoms with Gasteiger partial charge in [0.1, 0.15) is 11.6 Å². The summed E-state index contributed by atoms with van der Waals surface area (Å²) in [6.45, 7) is 3.78. The average molecular weight is 295 g/mol. The van der Waals surface area contributed by atoms with Crippen LogP contribution in [0.2, 0.25) is 0 Å². The molecule has 21 heavy (non-hydrogen) atoms. The van der Waals surface area contributed by atoms with Crippen LogP contribution >= 0.6 is 0 Å². The Balaban J connectivity index is 2.31. The van der Waals surface area contributed by atoms with E-state index in [4.69, 9.17) is 5.73 Å². The smallest absolute Gasteiger partial charge is 0.383 e. The Morgan fingerprint density at radius 3 is 2.48 bits per heavy atom. The first-order chi connectivity index (χ1) is 9.81. The fourth-order valence-electron chi connectivity index (χ4n) is 2.23. The Bertz CT molecular complexity index is 628. The number of nitrogens with zero attached hydrogens (tertiary/aromatic N) is 2. The number of anilines is 1. The van der Waals surface area contributed by atoms with Crippen molar-refractivity contribution in [2.75, 3.05) is 5.73 Å². The van der Waals surface area contributed by atoms with Gasteiger partial charge >= 0.3 is 6.18 Å². The molecule has 0 amide bonds. The molecule has 0 atom stereocenters. The molecule has 0 saturated heterocycles. The third kappa shape index (κ3) is 3.51. The van der Waals surface area contributed by atoms with Crippen molar-refractivity contribution >= 4 is 5.82 Å². The zero-order valence-corrected chi connectivity index (χ0v) is 11.8. The van der Waals surface area contributed by atoms with Crippen molar-refractivity contribution in [3.8, 4) is 0 Å². The van der Waals surface area contributed by atoms with E-state index in [1.54, 1.807) is 6.07 Å². The van der Waals surface area contributed by atoms with E-state index in [0.29, 0.717) is 17.2 Å². The van der Waals surface area contributed by atoms with E-state index in [1.165, 1.54) is 6.07 Å². The molecule has 0 fully saturated rings. The maximum Gasteiger partial charge on any atom is 0.416 e. The van der Waals surface area contributed by atoms with E-state index in [2.05, 4.69) is 9.97 Å². The van der Waals surface area contributed by atoms with Crippen molar-refractivity contribution in [3.05, 3.63) is 52.5 Å². The van der Waals surface area contributed by atoms with Crippen LogP contribution in [0.15, 0.2) is 24.3 Å². The number of aromatic nitrogens is 2. The van der Waals surface area contributed by atoms with Crippen LogP contribution in [-0.4, -0.2) is 9.97 Å². The molecule has 0 unspecified atom stereocenters. The first-order valence-corrected chi connectivity index (χ1v) is 6.59. The van der Waals surface area contributed by atoms with Crippen molar-refractivity contribution in [1.29, 1.82) is 0 Å². The second-order valence-electron chi connectivity index (χ2n) is 4.82. The summed E-state index contributed by atoms with van der Waals surface area (Å²) in [5.41, 5.74) is 7.34. The normalized spacial score (nSPS) is 11.7. The Kier molecular flexibility index (Phi) is 4.16. The van der Waals surface area contributed by atoms with Crippen LogP contribution in [0, 0.1) is 6.92 Å². The Morgan fingerprint density at radius 1 is 1.19 bits per heavy atom. The van der Waals surface area contributed by atoms with Gasteiger partial charge in [-0.3, -0.25) is 0 Å². The van der Waals surface area contributed by atoms with E-state index in [9.17, 15) is 13.2 Å². The molecule has 3 nitrogen and oxygen atoms in total. The quantitative estimate of drug-likeness (QED) is 0.942. The van der Waals surface area contributed by atoms with Crippen LogP contribution in [0.3, 0.4) is 0 Å². The molecule has 2 N–H and O–H groups in total. The summed E-state index contributed by atoms with van der Waals surface area (Å²) in [5.74, 6) is 0.827. The summed E-state index contributed by atoms with van der Waals surface area (Å²) < 4.78 is 38.0. The van der Waals surface area contributed by atoms with E-state index < -0.39 is 11.7 Å². The summed E-state index contributed by atoms with van der Waals surface area (Å²) >= 11 is 0. The molecule has 0 bridgehead atoms. The number of alkyl halides is 3. The molecule has 0 aliphatic heterocycles. The largest absolute Gasteiger partial charge is 0.416 e. The number of rotatable bonds is 3. The van der Waals surface area contributed by atoms with Gasteiger partial charge < -0.3 is 5.73 Å². The first-order valence-electron chi connectivity index (χ1n) is 6.59. The van der Waals surface area contributed by atoms with Gasteiger partial charge in [-0.05, 0) is 25.0 Å². The minimum atomic E-state index is -4.35. The number of halogens is 3. The molecular weight excluding hydrogens is 279 g/mol. The molecule has 0 aliphatic rings. The van der Waals surface area contributed by atoms with Gasteiger partial charge in [-0.15, -0.1) is 0 Å². The lowest BCUT2D eigenvalue weighted by molar-refractivity contribution is -0.137. The molecule has 2 rings (SSSR count). The Hall–Kier alpha value is -2.11. The Labute approximate surface area is 121 Å². The maximum atomic E-state index is 12.7. The number of hydrogen-bond acceptors (Lipinski definition) is 3. The number of aryl methyl sites for hydroxylation is 1. The van der Waals surface area contributed by atoms with Crippen LogP contribution < -0.4 is 5.73 Å². The molecule has 0 spiro atoms. The minimum absolute atomic E-state index is 0.221. The number of nitrogen functional groups attached to an aromatic ring is 1. The van der Waals surface area contributed by atoms with Crippen LogP contribution in [0.1, 0.15) is 35.1 Å². The van der Waals surface area contributed by atoms with Gasteiger partial charge in [0.15, 0.2) is 0 Å². The van der Waals surface area contributed by atoms with E-state index in [-0.39, 0.29) is 6.42 Å². The van der Waals surface area contributed by atoms with Gasteiger partial charge in [-0.1, -0.05) is 25.1 Å². The number of hydrogen-bond donors (Lipinski definition) is 1. The van der Waals surface area contributed by atoms with Gasteiger partial charge in [0.05, 0.1) is 5.56 Å². The third-order valence-electron chi connectivity index (χ3n) is 3.26. The molecule has 1 aromatic carbocycles. The molecule has 0 saturated carbocycles. The van der Waals surface area contributed by atoms with E-state index >= 15 is 0 Å². The lowest BCUT2D eigenvalue weighted by Crippen LogP contribution is -2.08. The van der Waals surface area contributed by atoms with Gasteiger partial charge in [-0.2, -0.15) is 13.2 Å². The van der Waals surface area contributed by atoms with Crippen molar-refractivity contribution in [2.45, 2.75) is 32.9 Å². The van der Waals surface area contributed by atoms with Gasteiger partial charge in [0.2, 0.25) is 0 Å². The zero-order valence-electron chi connectivity index (χ0n) is 11.8. The van der Waals surface area contributed by atoms with Crippen molar-refractivity contribution < 1.29 is 13.2 Å². The van der Waals surface area contributed by atoms with E-state index in [1.807, 2.05) is 13.8 Å². The first kappa shape index (κ1) is 15.3. The van der Waals surface area contributed by atoms with Crippen LogP contribution in [0.4, 0.5) is 19.0 Å². The molecule has 0 radical (unpaired) electrons. The summed E-state index contributed by atoms with van der Waals surface area (Å²) in [7, 11) is 0. The summed E-state index contributed by atoms with van der Waals surface area (Å²) in [6, 6.07) is 5.17. The summed E-state index contributed by atoms with van der Waals surface area (Å²) in [4.78, 5) is 8.50. The van der Waals surface area contributed by atoms with Gasteiger partial charge in [0.25, 0.3) is 0 Å². The number of nitrogens with two attached hydrogens (primary N) is 1. The summed E-state index contributed by atoms with van der Waals surface area (Å²) in [5, 5.41) is 0. The lowest BCUT2D eigenvalue weighted by atomic mass is 10.1. The second kappa shape index (κ2) is 5.71. The highest BCUT2D eigenvalue weighted by Crippen LogP contribution is 2.29. The predicted molar refractivity (Wildman–Crippen MR) is 74.8 cm³/mol. The fraction of sp³-hybridized carbons (Fsp3) is 0.333. The Morgan fingerprint density at radius 2 is 1.90 bits per heavy atom. The second-order valence-corrected chi connectivity index (χ2v) is 4.82. The molecule has 1 aromatic heterocycles. The lowest BCUT2D eigenvalue weighted by Gasteiger charge is -2.10. The molecule has 112 valence electrons. The van der Waals surface area contributed by atoms with Crippen molar-refractivity contribution in [3.63, 3.8) is 0 Å². The van der Waals surface area contributed by atoms with Crippen LogP contribution in [-0.2, 0) is 19.0 Å². The topological polar surface area (TPSA) is 51.8 Å². The SMILES string of the molecule is CCc1c(C)nc(Cc2cccc(C(F)(F)F)c2)nc1N. The predicted octanol–water partition coefficient (Wildman–Crippen LogP) is 3.54. The van der Waals surface area contributed by atoms with Crippen LogP contribution in [0.25, 0.3) is 0 Å². The number of benzene rings is 1. The van der Waals surface area contributed by atoms with Crippen LogP contribution in [0.5, 0.6) is 0 Å². The molecule has 0 aliphatic carbocycles. The minimum Gasteiger partial charge on any atom is -0.383 e. The average Bonchev–Trinajstić information content (AvgIpc) is 2.37. The molecule has 1 heterocycles. The molecule has 2 aromatic rings. The third-order valence-corrected chi connectivity index (χ3v) is 3.26. The summed E-state index contributed by atoms with van der Waals surface area (Å²) in [6.07, 6.45) is -3.40. The standard InChI is InChI=1S/C15H16F3N3/c1-3-12-9(2)20-13(21-14(12)19)8-10-5-4-6-11(7-10)15(16,17)18/h4-7H,3,8H2,1-2H3,(H2,19,20,21). The highest BCUT2D eigenvalue weighted by Gasteiger charge is 2.30. The molecule has 6 heteroatoms. The highest BCUT2D eigenvalue weighted by atomic mass is 19.4. The zero-order chi connectivity index (χ0) is 15.6. The highest BCUT2D eigenvalue weighted by molar-refractivity contribution is 5.42. The molecular formula is C15H16F3N3. The maximum absolute atomic E-state index is 12.7.